The molecule has 0 unspecified atom stereocenters. The van der Waals surface area contributed by atoms with Gasteiger partial charge in [-0.05, 0) is 55.7 Å². The normalized spacial score (nSPS) is 23.0. The van der Waals surface area contributed by atoms with Crippen LogP contribution in [0.5, 0.6) is 0 Å². The van der Waals surface area contributed by atoms with E-state index in [0.29, 0.717) is 12.3 Å². The minimum atomic E-state index is -0.0431. The summed E-state index contributed by atoms with van der Waals surface area (Å²) >= 11 is 0. The average molecular weight is 261 g/mol. The third-order valence-electron chi connectivity index (χ3n) is 3.83. The summed E-state index contributed by atoms with van der Waals surface area (Å²) in [4.78, 5) is 11.5. The van der Waals surface area contributed by atoms with E-state index in [4.69, 9.17) is 10.5 Å². The van der Waals surface area contributed by atoms with Crippen LogP contribution < -0.4 is 5.73 Å². The standard InChI is InChI=1S/C16H23NO2/c1-2-3-16(18)19-15-10-6-13(7-11-15)12-4-8-14(17)9-5-12/h4-5,8-9,13,15H,2-3,6-7,10-11,17H2,1H3. The maximum atomic E-state index is 11.5. The van der Waals surface area contributed by atoms with Gasteiger partial charge in [0.05, 0.1) is 0 Å². The summed E-state index contributed by atoms with van der Waals surface area (Å²) in [6.07, 6.45) is 5.66. The molecule has 0 spiro atoms. The third-order valence-corrected chi connectivity index (χ3v) is 3.83. The van der Waals surface area contributed by atoms with Gasteiger partial charge in [-0.2, -0.15) is 0 Å². The van der Waals surface area contributed by atoms with E-state index in [9.17, 15) is 4.79 Å². The lowest BCUT2D eigenvalue weighted by Crippen LogP contribution is -2.23. The Morgan fingerprint density at radius 1 is 1.21 bits per heavy atom. The Labute approximate surface area is 115 Å². The lowest BCUT2D eigenvalue weighted by atomic mass is 9.82. The summed E-state index contributed by atoms with van der Waals surface area (Å²) in [5, 5.41) is 0. The van der Waals surface area contributed by atoms with Gasteiger partial charge in [0.25, 0.3) is 0 Å². The minimum absolute atomic E-state index is 0.0431. The van der Waals surface area contributed by atoms with Crippen LogP contribution in [0.2, 0.25) is 0 Å². The Kier molecular flexibility index (Phi) is 4.83. The smallest absolute Gasteiger partial charge is 0.306 e. The number of rotatable bonds is 4. The van der Waals surface area contributed by atoms with Gasteiger partial charge in [-0.15, -0.1) is 0 Å². The third kappa shape index (κ3) is 3.98. The van der Waals surface area contributed by atoms with Crippen LogP contribution >= 0.6 is 0 Å². The fourth-order valence-corrected chi connectivity index (χ4v) is 2.73. The van der Waals surface area contributed by atoms with Crippen molar-refractivity contribution in [2.45, 2.75) is 57.5 Å². The topological polar surface area (TPSA) is 52.3 Å². The molecule has 0 aliphatic heterocycles. The molecule has 0 radical (unpaired) electrons. The van der Waals surface area contributed by atoms with Crippen molar-refractivity contribution < 1.29 is 9.53 Å². The first kappa shape index (κ1) is 13.9. The summed E-state index contributed by atoms with van der Waals surface area (Å²) < 4.78 is 5.48. The highest BCUT2D eigenvalue weighted by Gasteiger charge is 2.24. The van der Waals surface area contributed by atoms with E-state index in [0.717, 1.165) is 37.8 Å². The Balaban J connectivity index is 1.82. The molecule has 104 valence electrons. The fraction of sp³-hybridized carbons (Fsp3) is 0.562. The van der Waals surface area contributed by atoms with E-state index in [1.807, 2.05) is 19.1 Å². The first-order valence-corrected chi connectivity index (χ1v) is 7.24. The first-order chi connectivity index (χ1) is 9.19. The predicted octanol–water partition coefficient (Wildman–Crippen LogP) is 3.64. The summed E-state index contributed by atoms with van der Waals surface area (Å²) in [7, 11) is 0. The number of esters is 1. The number of ether oxygens (including phenoxy) is 1. The van der Waals surface area contributed by atoms with Crippen LogP contribution in [-0.4, -0.2) is 12.1 Å². The van der Waals surface area contributed by atoms with Crippen LogP contribution in [0.15, 0.2) is 24.3 Å². The van der Waals surface area contributed by atoms with E-state index >= 15 is 0 Å². The van der Waals surface area contributed by atoms with Gasteiger partial charge in [0.1, 0.15) is 6.10 Å². The van der Waals surface area contributed by atoms with Gasteiger partial charge in [0, 0.05) is 12.1 Å². The van der Waals surface area contributed by atoms with Crippen LogP contribution in [0.4, 0.5) is 5.69 Å². The molecule has 0 saturated heterocycles. The largest absolute Gasteiger partial charge is 0.462 e. The maximum absolute atomic E-state index is 11.5. The maximum Gasteiger partial charge on any atom is 0.306 e. The van der Waals surface area contributed by atoms with Crippen molar-refractivity contribution >= 4 is 11.7 Å². The van der Waals surface area contributed by atoms with Gasteiger partial charge in [-0.3, -0.25) is 4.79 Å². The van der Waals surface area contributed by atoms with Crippen LogP contribution in [0.25, 0.3) is 0 Å². The van der Waals surface area contributed by atoms with Crippen molar-refractivity contribution in [2.24, 2.45) is 0 Å². The molecule has 0 atom stereocenters. The second kappa shape index (κ2) is 6.60. The molecule has 1 fully saturated rings. The molecule has 1 aromatic rings. The second-order valence-corrected chi connectivity index (χ2v) is 5.38. The number of benzene rings is 1. The van der Waals surface area contributed by atoms with E-state index < -0.39 is 0 Å². The quantitative estimate of drug-likeness (QED) is 0.665. The SMILES string of the molecule is CCCC(=O)OC1CCC(c2ccc(N)cc2)CC1. The van der Waals surface area contributed by atoms with Crippen molar-refractivity contribution in [3.63, 3.8) is 0 Å². The van der Waals surface area contributed by atoms with Crippen molar-refractivity contribution in [3.8, 4) is 0 Å². The fourth-order valence-electron chi connectivity index (χ4n) is 2.73. The zero-order valence-corrected chi connectivity index (χ0v) is 11.6. The van der Waals surface area contributed by atoms with E-state index in [1.165, 1.54) is 5.56 Å². The molecule has 3 nitrogen and oxygen atoms in total. The Bertz CT molecular complexity index is 405. The monoisotopic (exact) mass is 261 g/mol. The molecular formula is C16H23NO2. The second-order valence-electron chi connectivity index (χ2n) is 5.38. The zero-order valence-electron chi connectivity index (χ0n) is 11.6. The Morgan fingerprint density at radius 2 is 1.84 bits per heavy atom. The average Bonchev–Trinajstić information content (AvgIpc) is 2.41. The molecule has 0 amide bonds. The number of carbonyl (C=O) groups excluding carboxylic acids is 1. The molecule has 1 aliphatic carbocycles. The molecule has 1 saturated carbocycles. The summed E-state index contributed by atoms with van der Waals surface area (Å²) in [6, 6.07) is 8.15. The molecule has 1 aromatic carbocycles. The minimum Gasteiger partial charge on any atom is -0.462 e. The van der Waals surface area contributed by atoms with Gasteiger partial charge in [0.15, 0.2) is 0 Å². The van der Waals surface area contributed by atoms with Gasteiger partial charge in [0.2, 0.25) is 0 Å². The van der Waals surface area contributed by atoms with Crippen LogP contribution in [-0.2, 0) is 9.53 Å². The lowest BCUT2D eigenvalue weighted by Gasteiger charge is -2.28. The predicted molar refractivity (Wildman–Crippen MR) is 76.9 cm³/mol. The van der Waals surface area contributed by atoms with Crippen molar-refractivity contribution in [3.05, 3.63) is 29.8 Å². The van der Waals surface area contributed by atoms with Gasteiger partial charge in [-0.1, -0.05) is 19.1 Å². The zero-order chi connectivity index (χ0) is 13.7. The molecule has 0 heterocycles. The summed E-state index contributed by atoms with van der Waals surface area (Å²) in [6.45, 7) is 2.00. The molecule has 2 rings (SSSR count). The number of hydrogen-bond acceptors (Lipinski definition) is 3. The highest BCUT2D eigenvalue weighted by atomic mass is 16.5. The van der Waals surface area contributed by atoms with Gasteiger partial charge in [-0.25, -0.2) is 0 Å². The van der Waals surface area contributed by atoms with Crippen LogP contribution in [0.3, 0.4) is 0 Å². The van der Waals surface area contributed by atoms with Crippen LogP contribution in [0, 0.1) is 0 Å². The number of hydrogen-bond donors (Lipinski definition) is 1. The van der Waals surface area contributed by atoms with E-state index in [1.54, 1.807) is 0 Å². The first-order valence-electron chi connectivity index (χ1n) is 7.24. The van der Waals surface area contributed by atoms with Crippen molar-refractivity contribution in [1.29, 1.82) is 0 Å². The molecule has 3 heteroatoms. The Morgan fingerprint density at radius 3 is 2.42 bits per heavy atom. The molecule has 2 N–H and O–H groups in total. The molecular weight excluding hydrogens is 238 g/mol. The van der Waals surface area contributed by atoms with E-state index in [-0.39, 0.29) is 12.1 Å². The highest BCUT2D eigenvalue weighted by molar-refractivity contribution is 5.69. The summed E-state index contributed by atoms with van der Waals surface area (Å²) in [5.74, 6) is 0.542. The highest BCUT2D eigenvalue weighted by Crippen LogP contribution is 2.34. The van der Waals surface area contributed by atoms with Crippen molar-refractivity contribution in [1.82, 2.24) is 0 Å². The van der Waals surface area contributed by atoms with Crippen molar-refractivity contribution in [2.75, 3.05) is 5.73 Å². The molecule has 0 bridgehead atoms. The lowest BCUT2D eigenvalue weighted by molar-refractivity contribution is -0.150. The summed E-state index contributed by atoms with van der Waals surface area (Å²) in [5.41, 5.74) is 7.87. The van der Waals surface area contributed by atoms with Gasteiger partial charge < -0.3 is 10.5 Å². The molecule has 1 aliphatic rings. The number of nitrogens with two attached hydrogens (primary N) is 1. The number of anilines is 1. The number of carbonyl (C=O) groups is 1. The molecule has 0 aromatic heterocycles. The number of nitrogen functional groups attached to an aromatic ring is 1. The Hall–Kier alpha value is -1.51. The molecule has 19 heavy (non-hydrogen) atoms. The van der Waals surface area contributed by atoms with Gasteiger partial charge >= 0.3 is 5.97 Å². The van der Waals surface area contributed by atoms with E-state index in [2.05, 4.69) is 12.1 Å². The van der Waals surface area contributed by atoms with Crippen LogP contribution in [0.1, 0.15) is 56.9 Å².